The van der Waals surface area contributed by atoms with Crippen molar-refractivity contribution < 1.29 is 0 Å². The number of nitrogens with two attached hydrogens (primary N) is 1. The SMILES string of the molecule is CC[C@]1(N)CCCC(C(C)C)C1. The molecule has 1 nitrogen and oxygen atoms in total. The fourth-order valence-electron chi connectivity index (χ4n) is 2.33. The van der Waals surface area contributed by atoms with Gasteiger partial charge in [-0.15, -0.1) is 0 Å². The first kappa shape index (κ1) is 10.0. The lowest BCUT2D eigenvalue weighted by molar-refractivity contribution is 0.179. The quantitative estimate of drug-likeness (QED) is 0.675. The van der Waals surface area contributed by atoms with Crippen LogP contribution in [0.25, 0.3) is 0 Å². The topological polar surface area (TPSA) is 26.0 Å². The van der Waals surface area contributed by atoms with Gasteiger partial charge in [-0.3, -0.25) is 0 Å². The summed E-state index contributed by atoms with van der Waals surface area (Å²) in [6.45, 7) is 6.88. The Balaban J connectivity index is 2.51. The Morgan fingerprint density at radius 2 is 2.17 bits per heavy atom. The highest BCUT2D eigenvalue weighted by Gasteiger charge is 2.32. The van der Waals surface area contributed by atoms with Gasteiger partial charge in [0.1, 0.15) is 0 Å². The third-order valence-electron chi connectivity index (χ3n) is 3.57. The molecule has 1 aliphatic carbocycles. The molecule has 1 saturated carbocycles. The molecule has 72 valence electrons. The van der Waals surface area contributed by atoms with Gasteiger partial charge in [0.05, 0.1) is 0 Å². The van der Waals surface area contributed by atoms with E-state index in [1.807, 2.05) is 0 Å². The highest BCUT2D eigenvalue weighted by Crippen LogP contribution is 2.36. The number of hydrogen-bond donors (Lipinski definition) is 1. The second-order valence-electron chi connectivity index (χ2n) is 4.82. The van der Waals surface area contributed by atoms with Crippen LogP contribution in [0.3, 0.4) is 0 Å². The lowest BCUT2D eigenvalue weighted by Crippen LogP contribution is -2.44. The zero-order chi connectivity index (χ0) is 9.19. The normalized spacial score (nSPS) is 37.2. The van der Waals surface area contributed by atoms with Crippen LogP contribution < -0.4 is 5.73 Å². The van der Waals surface area contributed by atoms with Crippen LogP contribution >= 0.6 is 0 Å². The van der Waals surface area contributed by atoms with Crippen molar-refractivity contribution in [3.63, 3.8) is 0 Å². The highest BCUT2D eigenvalue weighted by atomic mass is 14.7. The first-order valence-corrected chi connectivity index (χ1v) is 5.36. The average molecular weight is 169 g/mol. The van der Waals surface area contributed by atoms with Gasteiger partial charge in [0, 0.05) is 5.54 Å². The fourth-order valence-corrected chi connectivity index (χ4v) is 2.33. The van der Waals surface area contributed by atoms with Gasteiger partial charge in [0.25, 0.3) is 0 Å². The average Bonchev–Trinajstić information content (AvgIpc) is 2.05. The molecule has 1 rings (SSSR count). The predicted molar refractivity (Wildman–Crippen MR) is 54.0 cm³/mol. The molecule has 1 unspecified atom stereocenters. The monoisotopic (exact) mass is 169 g/mol. The molecule has 2 atom stereocenters. The molecule has 12 heavy (non-hydrogen) atoms. The summed E-state index contributed by atoms with van der Waals surface area (Å²) in [4.78, 5) is 0. The van der Waals surface area contributed by atoms with Gasteiger partial charge in [0.2, 0.25) is 0 Å². The van der Waals surface area contributed by atoms with Crippen LogP contribution in [-0.2, 0) is 0 Å². The minimum absolute atomic E-state index is 0.174. The number of rotatable bonds is 2. The van der Waals surface area contributed by atoms with Crippen LogP contribution in [0.15, 0.2) is 0 Å². The first-order chi connectivity index (χ1) is 5.57. The molecule has 1 fully saturated rings. The van der Waals surface area contributed by atoms with Crippen molar-refractivity contribution >= 4 is 0 Å². The first-order valence-electron chi connectivity index (χ1n) is 5.36. The lowest BCUT2D eigenvalue weighted by Gasteiger charge is -2.39. The van der Waals surface area contributed by atoms with Crippen molar-refractivity contribution in [2.24, 2.45) is 17.6 Å². The molecule has 0 heterocycles. The maximum atomic E-state index is 6.29. The predicted octanol–water partition coefficient (Wildman–Crippen LogP) is 2.94. The molecular weight excluding hydrogens is 146 g/mol. The van der Waals surface area contributed by atoms with Crippen molar-refractivity contribution in [1.29, 1.82) is 0 Å². The summed E-state index contributed by atoms with van der Waals surface area (Å²) in [6, 6.07) is 0. The summed E-state index contributed by atoms with van der Waals surface area (Å²) in [7, 11) is 0. The summed E-state index contributed by atoms with van der Waals surface area (Å²) in [5.74, 6) is 1.70. The largest absolute Gasteiger partial charge is 0.325 e. The zero-order valence-corrected chi connectivity index (χ0v) is 8.77. The molecule has 0 bridgehead atoms. The van der Waals surface area contributed by atoms with E-state index in [0.29, 0.717) is 0 Å². The third kappa shape index (κ3) is 2.22. The van der Waals surface area contributed by atoms with Crippen LogP contribution in [-0.4, -0.2) is 5.54 Å². The Hall–Kier alpha value is -0.0400. The summed E-state index contributed by atoms with van der Waals surface area (Å²) in [5, 5.41) is 0. The third-order valence-corrected chi connectivity index (χ3v) is 3.57. The Morgan fingerprint density at radius 3 is 2.67 bits per heavy atom. The second kappa shape index (κ2) is 3.78. The van der Waals surface area contributed by atoms with Gasteiger partial charge in [-0.1, -0.05) is 33.6 Å². The van der Waals surface area contributed by atoms with Gasteiger partial charge in [-0.2, -0.15) is 0 Å². The van der Waals surface area contributed by atoms with E-state index in [4.69, 9.17) is 5.73 Å². The van der Waals surface area contributed by atoms with Crippen LogP contribution in [0.1, 0.15) is 52.9 Å². The Labute approximate surface area is 76.7 Å². The van der Waals surface area contributed by atoms with E-state index in [9.17, 15) is 0 Å². The van der Waals surface area contributed by atoms with E-state index in [0.717, 1.165) is 18.3 Å². The zero-order valence-electron chi connectivity index (χ0n) is 8.77. The molecule has 0 radical (unpaired) electrons. The molecule has 0 amide bonds. The molecule has 0 aromatic rings. The standard InChI is InChI=1S/C11H23N/c1-4-11(12)7-5-6-10(8-11)9(2)3/h9-10H,4-8,12H2,1-3H3/t10?,11-/m0/s1. The van der Waals surface area contributed by atoms with Crippen molar-refractivity contribution in [3.8, 4) is 0 Å². The van der Waals surface area contributed by atoms with Crippen LogP contribution in [0, 0.1) is 11.8 Å². The fraction of sp³-hybridized carbons (Fsp3) is 1.00. The smallest absolute Gasteiger partial charge is 0.0154 e. The maximum absolute atomic E-state index is 6.29. The molecule has 1 aliphatic rings. The molecule has 0 spiro atoms. The Bertz CT molecular complexity index is 142. The second-order valence-corrected chi connectivity index (χ2v) is 4.82. The lowest BCUT2D eigenvalue weighted by atomic mass is 9.71. The van der Waals surface area contributed by atoms with Crippen LogP contribution in [0.4, 0.5) is 0 Å². The van der Waals surface area contributed by atoms with Crippen molar-refractivity contribution in [1.82, 2.24) is 0 Å². The van der Waals surface area contributed by atoms with Gasteiger partial charge < -0.3 is 5.73 Å². The van der Waals surface area contributed by atoms with Gasteiger partial charge in [-0.05, 0) is 31.1 Å². The van der Waals surface area contributed by atoms with Crippen LogP contribution in [0.2, 0.25) is 0 Å². The molecule has 0 aliphatic heterocycles. The van der Waals surface area contributed by atoms with E-state index < -0.39 is 0 Å². The van der Waals surface area contributed by atoms with Crippen LogP contribution in [0.5, 0.6) is 0 Å². The van der Waals surface area contributed by atoms with Crippen molar-refractivity contribution in [3.05, 3.63) is 0 Å². The Kier molecular flexibility index (Phi) is 3.16. The van der Waals surface area contributed by atoms with Gasteiger partial charge in [0.15, 0.2) is 0 Å². The van der Waals surface area contributed by atoms with E-state index >= 15 is 0 Å². The molecule has 1 heteroatoms. The number of hydrogen-bond acceptors (Lipinski definition) is 1. The van der Waals surface area contributed by atoms with E-state index in [1.54, 1.807) is 0 Å². The summed E-state index contributed by atoms with van der Waals surface area (Å²) in [6.07, 6.45) is 6.38. The van der Waals surface area contributed by atoms with Crippen molar-refractivity contribution in [2.75, 3.05) is 0 Å². The molecular formula is C11H23N. The minimum Gasteiger partial charge on any atom is -0.325 e. The van der Waals surface area contributed by atoms with Gasteiger partial charge in [-0.25, -0.2) is 0 Å². The summed E-state index contributed by atoms with van der Waals surface area (Å²) < 4.78 is 0. The molecule has 0 aromatic carbocycles. The van der Waals surface area contributed by atoms with Crippen molar-refractivity contribution in [2.45, 2.75) is 58.4 Å². The highest BCUT2D eigenvalue weighted by molar-refractivity contribution is 4.90. The van der Waals surface area contributed by atoms with E-state index in [2.05, 4.69) is 20.8 Å². The summed E-state index contributed by atoms with van der Waals surface area (Å²) in [5.41, 5.74) is 6.46. The van der Waals surface area contributed by atoms with Gasteiger partial charge >= 0.3 is 0 Å². The molecule has 0 saturated heterocycles. The molecule has 0 aromatic heterocycles. The van der Waals surface area contributed by atoms with E-state index in [-0.39, 0.29) is 5.54 Å². The minimum atomic E-state index is 0.174. The Morgan fingerprint density at radius 1 is 1.50 bits per heavy atom. The summed E-state index contributed by atoms with van der Waals surface area (Å²) >= 11 is 0. The molecule has 2 N–H and O–H groups in total. The van der Waals surface area contributed by atoms with E-state index in [1.165, 1.54) is 25.7 Å². The maximum Gasteiger partial charge on any atom is 0.0154 e.